The standard InChI is InChI=1S/C11H19N3O/c1-9-10(7-14(2)13-9)12-8-11(15)5-3-4-6-11/h7,12,15H,3-6,8H2,1-2H3. The molecule has 0 atom stereocenters. The zero-order chi connectivity index (χ0) is 10.9. The van der Waals surface area contributed by atoms with Gasteiger partial charge in [0.2, 0.25) is 0 Å². The lowest BCUT2D eigenvalue weighted by atomic mass is 10.0. The zero-order valence-electron chi connectivity index (χ0n) is 9.45. The molecule has 1 aromatic rings. The third-order valence-corrected chi connectivity index (χ3v) is 3.16. The molecule has 1 aliphatic rings. The lowest BCUT2D eigenvalue weighted by Gasteiger charge is -2.22. The molecule has 15 heavy (non-hydrogen) atoms. The molecule has 1 aromatic heterocycles. The van der Waals surface area contributed by atoms with Crippen molar-refractivity contribution in [2.45, 2.75) is 38.2 Å². The van der Waals surface area contributed by atoms with Crippen molar-refractivity contribution >= 4 is 5.69 Å². The van der Waals surface area contributed by atoms with Crippen LogP contribution in [-0.4, -0.2) is 27.0 Å². The smallest absolute Gasteiger partial charge is 0.0824 e. The molecule has 2 N–H and O–H groups in total. The Morgan fingerprint density at radius 3 is 2.73 bits per heavy atom. The van der Waals surface area contributed by atoms with E-state index in [0.717, 1.165) is 37.1 Å². The summed E-state index contributed by atoms with van der Waals surface area (Å²) < 4.78 is 1.79. The Bertz CT molecular complexity index is 340. The molecule has 4 heteroatoms. The predicted octanol–water partition coefficient (Wildman–Crippen LogP) is 1.45. The van der Waals surface area contributed by atoms with Crippen molar-refractivity contribution in [2.75, 3.05) is 11.9 Å². The van der Waals surface area contributed by atoms with Crippen LogP contribution >= 0.6 is 0 Å². The van der Waals surface area contributed by atoms with E-state index in [9.17, 15) is 5.11 Å². The first kappa shape index (κ1) is 10.5. The summed E-state index contributed by atoms with van der Waals surface area (Å²) in [5.74, 6) is 0. The maximum absolute atomic E-state index is 10.2. The average molecular weight is 209 g/mol. The Morgan fingerprint density at radius 1 is 1.53 bits per heavy atom. The van der Waals surface area contributed by atoms with Gasteiger partial charge in [-0.25, -0.2) is 0 Å². The summed E-state index contributed by atoms with van der Waals surface area (Å²) >= 11 is 0. The number of aryl methyl sites for hydroxylation is 2. The number of nitrogens with one attached hydrogen (secondary N) is 1. The monoisotopic (exact) mass is 209 g/mol. The van der Waals surface area contributed by atoms with E-state index in [0.29, 0.717) is 6.54 Å². The molecule has 0 aliphatic heterocycles. The van der Waals surface area contributed by atoms with Crippen molar-refractivity contribution in [3.8, 4) is 0 Å². The van der Waals surface area contributed by atoms with Crippen LogP contribution in [0.2, 0.25) is 0 Å². The fraction of sp³-hybridized carbons (Fsp3) is 0.727. The Morgan fingerprint density at radius 2 is 2.20 bits per heavy atom. The minimum atomic E-state index is -0.498. The van der Waals surface area contributed by atoms with Crippen LogP contribution in [0.4, 0.5) is 5.69 Å². The Kier molecular flexibility index (Phi) is 2.69. The van der Waals surface area contributed by atoms with E-state index in [4.69, 9.17) is 0 Å². The molecule has 0 aromatic carbocycles. The van der Waals surface area contributed by atoms with Gasteiger partial charge in [-0.2, -0.15) is 5.10 Å². The van der Waals surface area contributed by atoms with Crippen LogP contribution in [-0.2, 0) is 7.05 Å². The highest BCUT2D eigenvalue weighted by atomic mass is 16.3. The van der Waals surface area contributed by atoms with E-state index >= 15 is 0 Å². The van der Waals surface area contributed by atoms with Gasteiger partial charge in [-0.15, -0.1) is 0 Å². The molecular weight excluding hydrogens is 190 g/mol. The van der Waals surface area contributed by atoms with Crippen molar-refractivity contribution < 1.29 is 5.11 Å². The third-order valence-electron chi connectivity index (χ3n) is 3.16. The molecule has 1 heterocycles. The highest BCUT2D eigenvalue weighted by Crippen LogP contribution is 2.29. The number of aliphatic hydroxyl groups is 1. The lowest BCUT2D eigenvalue weighted by Crippen LogP contribution is -2.33. The molecular formula is C11H19N3O. The minimum Gasteiger partial charge on any atom is -0.388 e. The predicted molar refractivity (Wildman–Crippen MR) is 59.9 cm³/mol. The van der Waals surface area contributed by atoms with Crippen molar-refractivity contribution in [3.63, 3.8) is 0 Å². The van der Waals surface area contributed by atoms with Crippen LogP contribution in [0.3, 0.4) is 0 Å². The summed E-state index contributed by atoms with van der Waals surface area (Å²) in [6.45, 7) is 2.61. The fourth-order valence-electron chi connectivity index (χ4n) is 2.24. The second kappa shape index (κ2) is 3.85. The van der Waals surface area contributed by atoms with Gasteiger partial charge in [-0.3, -0.25) is 4.68 Å². The normalized spacial score (nSPS) is 19.4. The van der Waals surface area contributed by atoms with Crippen LogP contribution in [0.15, 0.2) is 6.20 Å². The summed E-state index contributed by atoms with van der Waals surface area (Å²) in [5, 5.41) is 17.7. The van der Waals surface area contributed by atoms with Crippen molar-refractivity contribution in [3.05, 3.63) is 11.9 Å². The van der Waals surface area contributed by atoms with E-state index in [1.165, 1.54) is 0 Å². The zero-order valence-corrected chi connectivity index (χ0v) is 9.45. The largest absolute Gasteiger partial charge is 0.388 e. The summed E-state index contributed by atoms with van der Waals surface area (Å²) in [6, 6.07) is 0. The van der Waals surface area contributed by atoms with Crippen molar-refractivity contribution in [1.29, 1.82) is 0 Å². The van der Waals surface area contributed by atoms with Gasteiger partial charge in [0, 0.05) is 19.8 Å². The van der Waals surface area contributed by atoms with Gasteiger partial charge >= 0.3 is 0 Å². The number of hydrogen-bond donors (Lipinski definition) is 2. The van der Waals surface area contributed by atoms with Gasteiger partial charge in [-0.05, 0) is 19.8 Å². The first-order chi connectivity index (χ1) is 7.09. The van der Waals surface area contributed by atoms with Gasteiger partial charge < -0.3 is 10.4 Å². The van der Waals surface area contributed by atoms with Gasteiger partial charge in [0.25, 0.3) is 0 Å². The van der Waals surface area contributed by atoms with Crippen LogP contribution in [0.5, 0.6) is 0 Å². The fourth-order valence-corrected chi connectivity index (χ4v) is 2.24. The van der Waals surface area contributed by atoms with Gasteiger partial charge in [0.1, 0.15) is 0 Å². The first-order valence-corrected chi connectivity index (χ1v) is 5.56. The topological polar surface area (TPSA) is 50.1 Å². The van der Waals surface area contributed by atoms with Crippen LogP contribution in [0.25, 0.3) is 0 Å². The average Bonchev–Trinajstić information content (AvgIpc) is 2.71. The summed E-state index contributed by atoms with van der Waals surface area (Å²) in [7, 11) is 1.91. The molecule has 84 valence electrons. The second-order valence-corrected chi connectivity index (χ2v) is 4.59. The molecule has 0 amide bonds. The lowest BCUT2D eigenvalue weighted by molar-refractivity contribution is 0.0614. The Labute approximate surface area is 90.3 Å². The first-order valence-electron chi connectivity index (χ1n) is 5.56. The second-order valence-electron chi connectivity index (χ2n) is 4.59. The van der Waals surface area contributed by atoms with Crippen LogP contribution in [0.1, 0.15) is 31.4 Å². The van der Waals surface area contributed by atoms with Crippen molar-refractivity contribution in [1.82, 2.24) is 9.78 Å². The van der Waals surface area contributed by atoms with E-state index in [1.54, 1.807) is 4.68 Å². The molecule has 4 nitrogen and oxygen atoms in total. The maximum atomic E-state index is 10.2. The molecule has 1 aliphatic carbocycles. The van der Waals surface area contributed by atoms with E-state index in [1.807, 2.05) is 20.2 Å². The molecule has 0 saturated heterocycles. The molecule has 2 rings (SSSR count). The third kappa shape index (κ3) is 2.31. The number of aromatic nitrogens is 2. The number of rotatable bonds is 3. The SMILES string of the molecule is Cc1nn(C)cc1NCC1(O)CCCC1. The highest BCUT2D eigenvalue weighted by Gasteiger charge is 2.30. The maximum Gasteiger partial charge on any atom is 0.0824 e. The summed E-state index contributed by atoms with van der Waals surface area (Å²) in [4.78, 5) is 0. The van der Waals surface area contributed by atoms with Crippen LogP contribution in [0, 0.1) is 6.92 Å². The number of nitrogens with zero attached hydrogens (tertiary/aromatic N) is 2. The van der Waals surface area contributed by atoms with Gasteiger partial charge in [-0.1, -0.05) is 12.8 Å². The minimum absolute atomic E-state index is 0.498. The Balaban J connectivity index is 1.95. The summed E-state index contributed by atoms with van der Waals surface area (Å²) in [5.41, 5.74) is 1.51. The molecule has 0 unspecified atom stereocenters. The number of anilines is 1. The molecule has 0 radical (unpaired) electrons. The molecule has 0 spiro atoms. The Hall–Kier alpha value is -1.03. The number of hydrogen-bond acceptors (Lipinski definition) is 3. The van der Waals surface area contributed by atoms with E-state index < -0.39 is 5.60 Å². The van der Waals surface area contributed by atoms with Gasteiger partial charge in [0.05, 0.1) is 17.0 Å². The molecule has 0 bridgehead atoms. The van der Waals surface area contributed by atoms with Crippen LogP contribution < -0.4 is 5.32 Å². The quantitative estimate of drug-likeness (QED) is 0.792. The van der Waals surface area contributed by atoms with Gasteiger partial charge in [0.15, 0.2) is 0 Å². The van der Waals surface area contributed by atoms with E-state index in [2.05, 4.69) is 10.4 Å². The molecule has 1 fully saturated rings. The van der Waals surface area contributed by atoms with Crippen molar-refractivity contribution in [2.24, 2.45) is 7.05 Å². The molecule has 1 saturated carbocycles. The summed E-state index contributed by atoms with van der Waals surface area (Å²) in [6.07, 6.45) is 6.07. The van der Waals surface area contributed by atoms with E-state index in [-0.39, 0.29) is 0 Å². The highest BCUT2D eigenvalue weighted by molar-refractivity contribution is 5.45.